The van der Waals surface area contributed by atoms with E-state index in [9.17, 15) is 8.78 Å². The molecule has 6 heteroatoms. The third-order valence-corrected chi connectivity index (χ3v) is 4.16. The van der Waals surface area contributed by atoms with Gasteiger partial charge in [0.2, 0.25) is 5.95 Å². The summed E-state index contributed by atoms with van der Waals surface area (Å²) in [6.45, 7) is 0.339. The first-order chi connectivity index (χ1) is 12.7. The van der Waals surface area contributed by atoms with Gasteiger partial charge in [-0.1, -0.05) is 36.4 Å². The molecule has 0 amide bonds. The highest BCUT2D eigenvalue weighted by molar-refractivity contribution is 5.64. The van der Waals surface area contributed by atoms with Gasteiger partial charge in [-0.15, -0.1) is 0 Å². The number of benzene rings is 2. The number of aromatic nitrogens is 2. The highest BCUT2D eigenvalue weighted by Gasteiger charge is 2.22. The molecule has 1 aromatic heterocycles. The van der Waals surface area contributed by atoms with Crippen LogP contribution in [0, 0.1) is 11.6 Å². The van der Waals surface area contributed by atoms with E-state index in [-0.39, 0.29) is 0 Å². The number of nitrogens with zero attached hydrogens (tertiary/aromatic N) is 2. The molecule has 0 atom stereocenters. The summed E-state index contributed by atoms with van der Waals surface area (Å²) >= 11 is 0. The summed E-state index contributed by atoms with van der Waals surface area (Å²) in [6.07, 6.45) is 2.24. The highest BCUT2D eigenvalue weighted by Crippen LogP contribution is 2.26. The van der Waals surface area contributed by atoms with Crippen molar-refractivity contribution in [1.82, 2.24) is 9.97 Å². The van der Waals surface area contributed by atoms with E-state index in [0.717, 1.165) is 30.2 Å². The zero-order valence-electron chi connectivity index (χ0n) is 14.0. The average molecular weight is 352 g/mol. The van der Waals surface area contributed by atoms with Crippen molar-refractivity contribution in [3.63, 3.8) is 0 Å². The van der Waals surface area contributed by atoms with Gasteiger partial charge in [0.1, 0.15) is 5.82 Å². The standard InChI is InChI=1S/C20H18F2N4/c21-16-9-6-13(10-17(16)22)12-23-19-11-18(14-4-2-1-3-5-14)25-20(26-19)24-15-7-8-15/h1-6,9-11,15H,7-8,12H2,(H2,23,24,25,26). The van der Waals surface area contributed by atoms with E-state index >= 15 is 0 Å². The summed E-state index contributed by atoms with van der Waals surface area (Å²) in [4.78, 5) is 9.09. The van der Waals surface area contributed by atoms with Gasteiger partial charge in [-0.3, -0.25) is 0 Å². The summed E-state index contributed by atoms with van der Waals surface area (Å²) in [5, 5.41) is 6.48. The van der Waals surface area contributed by atoms with Crippen LogP contribution in [0.3, 0.4) is 0 Å². The Morgan fingerprint density at radius 3 is 2.46 bits per heavy atom. The summed E-state index contributed by atoms with van der Waals surface area (Å²) in [5.41, 5.74) is 2.43. The second-order valence-electron chi connectivity index (χ2n) is 6.35. The molecule has 1 aliphatic carbocycles. The third kappa shape index (κ3) is 3.96. The molecule has 0 saturated heterocycles. The molecule has 4 rings (SSSR count). The molecule has 132 valence electrons. The minimum Gasteiger partial charge on any atom is -0.366 e. The monoisotopic (exact) mass is 352 g/mol. The zero-order chi connectivity index (χ0) is 17.9. The van der Waals surface area contributed by atoms with Gasteiger partial charge in [0.15, 0.2) is 11.6 Å². The smallest absolute Gasteiger partial charge is 0.225 e. The predicted molar refractivity (Wildman–Crippen MR) is 97.8 cm³/mol. The van der Waals surface area contributed by atoms with Crippen molar-refractivity contribution in [2.45, 2.75) is 25.4 Å². The molecule has 0 unspecified atom stereocenters. The summed E-state index contributed by atoms with van der Waals surface area (Å²) in [7, 11) is 0. The Morgan fingerprint density at radius 1 is 0.923 bits per heavy atom. The number of anilines is 2. The Hall–Kier alpha value is -3.02. The molecule has 2 aromatic carbocycles. The van der Waals surface area contributed by atoms with Gasteiger partial charge in [0, 0.05) is 24.2 Å². The first kappa shape index (κ1) is 16.4. The Morgan fingerprint density at radius 2 is 1.73 bits per heavy atom. The molecular formula is C20H18F2N4. The van der Waals surface area contributed by atoms with E-state index < -0.39 is 11.6 Å². The normalized spacial score (nSPS) is 13.5. The molecule has 0 spiro atoms. The molecule has 1 aliphatic rings. The van der Waals surface area contributed by atoms with Gasteiger partial charge in [-0.2, -0.15) is 4.98 Å². The lowest BCUT2D eigenvalue weighted by atomic mass is 10.1. The van der Waals surface area contributed by atoms with Crippen LogP contribution in [-0.2, 0) is 6.54 Å². The van der Waals surface area contributed by atoms with E-state index in [1.165, 1.54) is 6.07 Å². The van der Waals surface area contributed by atoms with Crippen molar-refractivity contribution in [3.05, 3.63) is 71.8 Å². The molecule has 1 fully saturated rings. The fourth-order valence-electron chi connectivity index (χ4n) is 2.61. The minimum absolute atomic E-state index is 0.339. The maximum atomic E-state index is 13.4. The largest absolute Gasteiger partial charge is 0.366 e. The summed E-state index contributed by atoms with van der Waals surface area (Å²) in [5.74, 6) is -0.500. The maximum Gasteiger partial charge on any atom is 0.225 e. The number of hydrogen-bond donors (Lipinski definition) is 2. The zero-order valence-corrected chi connectivity index (χ0v) is 14.0. The van der Waals surface area contributed by atoms with E-state index in [1.807, 2.05) is 36.4 Å². The quantitative estimate of drug-likeness (QED) is 0.680. The van der Waals surface area contributed by atoms with Gasteiger partial charge in [0.25, 0.3) is 0 Å². The number of hydrogen-bond acceptors (Lipinski definition) is 4. The van der Waals surface area contributed by atoms with Crippen LogP contribution < -0.4 is 10.6 Å². The topological polar surface area (TPSA) is 49.8 Å². The van der Waals surface area contributed by atoms with Crippen LogP contribution in [0.15, 0.2) is 54.6 Å². The third-order valence-electron chi connectivity index (χ3n) is 4.16. The molecule has 1 saturated carbocycles. The average Bonchev–Trinajstić information content (AvgIpc) is 3.47. The molecular weight excluding hydrogens is 334 g/mol. The second kappa shape index (κ2) is 7.07. The lowest BCUT2D eigenvalue weighted by molar-refractivity contribution is 0.507. The molecule has 26 heavy (non-hydrogen) atoms. The SMILES string of the molecule is Fc1ccc(CNc2cc(-c3ccccc3)nc(NC3CC3)n2)cc1F. The van der Waals surface area contributed by atoms with Gasteiger partial charge in [-0.05, 0) is 30.5 Å². The first-order valence-electron chi connectivity index (χ1n) is 8.56. The van der Waals surface area contributed by atoms with Gasteiger partial charge >= 0.3 is 0 Å². The molecule has 2 N–H and O–H groups in total. The lowest BCUT2D eigenvalue weighted by Crippen LogP contribution is -2.09. The summed E-state index contributed by atoms with van der Waals surface area (Å²) in [6, 6.07) is 16.0. The van der Waals surface area contributed by atoms with Gasteiger partial charge in [-0.25, -0.2) is 13.8 Å². The molecule has 3 aromatic rings. The molecule has 0 bridgehead atoms. The van der Waals surface area contributed by atoms with E-state index in [0.29, 0.717) is 29.9 Å². The van der Waals surface area contributed by atoms with Crippen LogP contribution in [0.1, 0.15) is 18.4 Å². The van der Waals surface area contributed by atoms with Crippen LogP contribution in [0.5, 0.6) is 0 Å². The number of rotatable bonds is 6. The van der Waals surface area contributed by atoms with Crippen molar-refractivity contribution >= 4 is 11.8 Å². The second-order valence-corrected chi connectivity index (χ2v) is 6.35. The lowest BCUT2D eigenvalue weighted by Gasteiger charge is -2.11. The van der Waals surface area contributed by atoms with Crippen molar-refractivity contribution in [2.75, 3.05) is 10.6 Å². The first-order valence-corrected chi connectivity index (χ1v) is 8.56. The summed E-state index contributed by atoms with van der Waals surface area (Å²) < 4.78 is 26.4. The maximum absolute atomic E-state index is 13.4. The van der Waals surface area contributed by atoms with E-state index in [1.54, 1.807) is 6.07 Å². The predicted octanol–water partition coefficient (Wildman–Crippen LogP) is 4.61. The van der Waals surface area contributed by atoms with Crippen LogP contribution in [0.4, 0.5) is 20.5 Å². The van der Waals surface area contributed by atoms with Crippen LogP contribution >= 0.6 is 0 Å². The van der Waals surface area contributed by atoms with E-state index in [2.05, 4.69) is 20.6 Å². The van der Waals surface area contributed by atoms with Crippen LogP contribution in [0.2, 0.25) is 0 Å². The van der Waals surface area contributed by atoms with Crippen molar-refractivity contribution in [1.29, 1.82) is 0 Å². The van der Waals surface area contributed by atoms with E-state index in [4.69, 9.17) is 0 Å². The Kier molecular flexibility index (Phi) is 4.48. The van der Waals surface area contributed by atoms with Crippen molar-refractivity contribution < 1.29 is 8.78 Å². The Bertz CT molecular complexity index is 911. The molecule has 1 heterocycles. The highest BCUT2D eigenvalue weighted by atomic mass is 19.2. The fraction of sp³-hybridized carbons (Fsp3) is 0.200. The molecule has 4 nitrogen and oxygen atoms in total. The van der Waals surface area contributed by atoms with Gasteiger partial charge in [0.05, 0.1) is 5.69 Å². The molecule has 0 radical (unpaired) electrons. The van der Waals surface area contributed by atoms with Gasteiger partial charge < -0.3 is 10.6 Å². The number of halogens is 2. The fourth-order valence-corrected chi connectivity index (χ4v) is 2.61. The molecule has 0 aliphatic heterocycles. The van der Waals surface area contributed by atoms with Crippen molar-refractivity contribution in [3.8, 4) is 11.3 Å². The van der Waals surface area contributed by atoms with Crippen LogP contribution in [0.25, 0.3) is 11.3 Å². The number of nitrogens with one attached hydrogen (secondary N) is 2. The Balaban J connectivity index is 1.58. The minimum atomic E-state index is -0.854. The Labute approximate surface area is 150 Å². The van der Waals surface area contributed by atoms with Crippen molar-refractivity contribution in [2.24, 2.45) is 0 Å². The van der Waals surface area contributed by atoms with Crippen LogP contribution in [-0.4, -0.2) is 16.0 Å².